The molecule has 0 aliphatic heterocycles. The molecule has 0 spiro atoms. The van der Waals surface area contributed by atoms with Crippen LogP contribution in [0.1, 0.15) is 4.88 Å². The van der Waals surface area contributed by atoms with Gasteiger partial charge in [-0.05, 0) is 29.8 Å². The smallest absolute Gasteiger partial charge is 0.224 e. The molecule has 6 heteroatoms. The highest BCUT2D eigenvalue weighted by Gasteiger charge is 2.06. The van der Waals surface area contributed by atoms with E-state index < -0.39 is 0 Å². The topological polar surface area (TPSA) is 29.0 Å². The van der Waals surface area contributed by atoms with Gasteiger partial charge in [-0.3, -0.25) is 0 Å². The van der Waals surface area contributed by atoms with Crippen LogP contribution in [0.2, 0.25) is 9.62 Å². The van der Waals surface area contributed by atoms with E-state index in [1.807, 2.05) is 30.1 Å². The largest absolute Gasteiger partial charge is 0.354 e. The Morgan fingerprint density at radius 1 is 1.31 bits per heavy atom. The van der Waals surface area contributed by atoms with Crippen molar-refractivity contribution < 1.29 is 0 Å². The number of halogens is 2. The van der Waals surface area contributed by atoms with Crippen LogP contribution in [-0.4, -0.2) is 17.0 Å². The quantitative estimate of drug-likeness (QED) is 0.802. The monoisotopic (exact) mass is 273 g/mol. The third-order valence-corrected chi connectivity index (χ3v) is 3.42. The minimum atomic E-state index is 0.258. The Bertz CT molecular complexity index is 486. The second-order valence-electron chi connectivity index (χ2n) is 3.25. The highest BCUT2D eigenvalue weighted by molar-refractivity contribution is 7.16. The molecule has 0 unspecified atom stereocenters. The second kappa shape index (κ2) is 4.99. The van der Waals surface area contributed by atoms with E-state index in [2.05, 4.69) is 9.97 Å². The van der Waals surface area contributed by atoms with E-state index in [-0.39, 0.29) is 5.28 Å². The number of hydrogen-bond donors (Lipinski definition) is 0. The van der Waals surface area contributed by atoms with Gasteiger partial charge >= 0.3 is 0 Å². The first kappa shape index (κ1) is 11.6. The molecule has 0 aliphatic carbocycles. The van der Waals surface area contributed by atoms with Crippen molar-refractivity contribution in [1.29, 1.82) is 0 Å². The molecular formula is C10H9Cl2N3S. The molecule has 0 aliphatic rings. The minimum Gasteiger partial charge on any atom is -0.354 e. The van der Waals surface area contributed by atoms with Gasteiger partial charge in [0.1, 0.15) is 5.82 Å². The van der Waals surface area contributed by atoms with Gasteiger partial charge in [-0.2, -0.15) is 0 Å². The van der Waals surface area contributed by atoms with E-state index in [4.69, 9.17) is 23.2 Å². The van der Waals surface area contributed by atoms with E-state index in [1.54, 1.807) is 17.5 Å². The van der Waals surface area contributed by atoms with Crippen LogP contribution in [0, 0.1) is 0 Å². The van der Waals surface area contributed by atoms with Crippen molar-refractivity contribution in [3.05, 3.63) is 38.9 Å². The van der Waals surface area contributed by atoms with Gasteiger partial charge in [0.15, 0.2) is 0 Å². The lowest BCUT2D eigenvalue weighted by Gasteiger charge is -2.16. The summed E-state index contributed by atoms with van der Waals surface area (Å²) < 4.78 is 0.795. The predicted octanol–water partition coefficient (Wildman–Crippen LogP) is 3.48. The summed E-state index contributed by atoms with van der Waals surface area (Å²) in [4.78, 5) is 11.1. The number of thiophene rings is 1. The lowest BCUT2D eigenvalue weighted by Crippen LogP contribution is -2.17. The molecular weight excluding hydrogens is 265 g/mol. The Labute approximate surface area is 108 Å². The van der Waals surface area contributed by atoms with Gasteiger partial charge < -0.3 is 4.90 Å². The highest BCUT2D eigenvalue weighted by atomic mass is 35.5. The maximum atomic E-state index is 5.87. The van der Waals surface area contributed by atoms with Crippen LogP contribution in [0.25, 0.3) is 0 Å². The summed E-state index contributed by atoms with van der Waals surface area (Å²) in [6.07, 6.45) is 1.64. The number of rotatable bonds is 3. The summed E-state index contributed by atoms with van der Waals surface area (Å²) >= 11 is 13.2. The first-order chi connectivity index (χ1) is 7.65. The predicted molar refractivity (Wildman–Crippen MR) is 68.5 cm³/mol. The standard InChI is InChI=1S/C10H9Cl2N3S/c1-15(6-7-2-3-8(11)16-7)9-4-5-13-10(12)14-9/h2-5H,6H2,1H3. The van der Waals surface area contributed by atoms with E-state index in [0.717, 1.165) is 16.7 Å². The summed E-state index contributed by atoms with van der Waals surface area (Å²) in [5, 5.41) is 0.258. The van der Waals surface area contributed by atoms with Crippen LogP contribution in [0.5, 0.6) is 0 Å². The number of hydrogen-bond acceptors (Lipinski definition) is 4. The molecule has 0 aromatic carbocycles. The molecule has 0 saturated heterocycles. The van der Waals surface area contributed by atoms with E-state index >= 15 is 0 Å². The first-order valence-corrected chi connectivity index (χ1v) is 6.16. The van der Waals surface area contributed by atoms with Gasteiger partial charge in [0, 0.05) is 18.1 Å². The van der Waals surface area contributed by atoms with Crippen LogP contribution in [0.15, 0.2) is 24.4 Å². The Balaban J connectivity index is 2.11. The van der Waals surface area contributed by atoms with Crippen molar-refractivity contribution in [2.75, 3.05) is 11.9 Å². The molecule has 0 fully saturated rings. The second-order valence-corrected chi connectivity index (χ2v) is 5.38. The van der Waals surface area contributed by atoms with Crippen LogP contribution >= 0.6 is 34.5 Å². The number of anilines is 1. The fourth-order valence-corrected chi connectivity index (χ4v) is 2.57. The summed E-state index contributed by atoms with van der Waals surface area (Å²) in [7, 11) is 1.95. The molecule has 0 amide bonds. The Hall–Kier alpha value is -0.840. The SMILES string of the molecule is CN(Cc1ccc(Cl)s1)c1ccnc(Cl)n1. The molecule has 0 saturated carbocycles. The molecule has 84 valence electrons. The average Bonchev–Trinajstić information content (AvgIpc) is 2.64. The maximum Gasteiger partial charge on any atom is 0.224 e. The first-order valence-electron chi connectivity index (χ1n) is 4.59. The van der Waals surface area contributed by atoms with Crippen LogP contribution in [0.3, 0.4) is 0 Å². The highest BCUT2D eigenvalue weighted by Crippen LogP contribution is 2.23. The minimum absolute atomic E-state index is 0.258. The maximum absolute atomic E-state index is 5.87. The van der Waals surface area contributed by atoms with Gasteiger partial charge in [-0.25, -0.2) is 9.97 Å². The zero-order chi connectivity index (χ0) is 11.5. The van der Waals surface area contributed by atoms with Crippen molar-refractivity contribution in [3.8, 4) is 0 Å². The fraction of sp³-hybridized carbons (Fsp3) is 0.200. The van der Waals surface area contributed by atoms with E-state index in [9.17, 15) is 0 Å². The molecule has 0 atom stereocenters. The van der Waals surface area contributed by atoms with Crippen molar-refractivity contribution in [1.82, 2.24) is 9.97 Å². The van der Waals surface area contributed by atoms with Crippen molar-refractivity contribution in [2.45, 2.75) is 6.54 Å². The summed E-state index contributed by atoms with van der Waals surface area (Å²) in [5.74, 6) is 0.796. The Morgan fingerprint density at radius 3 is 2.75 bits per heavy atom. The number of aromatic nitrogens is 2. The third kappa shape index (κ3) is 2.84. The lowest BCUT2D eigenvalue weighted by molar-refractivity contribution is 0.904. The van der Waals surface area contributed by atoms with Gasteiger partial charge in [0.05, 0.1) is 10.9 Å². The summed E-state index contributed by atoms with van der Waals surface area (Å²) in [6, 6.07) is 5.72. The van der Waals surface area contributed by atoms with Crippen LogP contribution in [0.4, 0.5) is 5.82 Å². The zero-order valence-corrected chi connectivity index (χ0v) is 10.9. The molecule has 0 bridgehead atoms. The third-order valence-electron chi connectivity index (χ3n) is 2.02. The normalized spacial score (nSPS) is 10.4. The molecule has 2 aromatic rings. The fourth-order valence-electron chi connectivity index (χ4n) is 1.29. The summed E-state index contributed by atoms with van der Waals surface area (Å²) in [5.41, 5.74) is 0. The van der Waals surface area contributed by atoms with Crippen LogP contribution in [-0.2, 0) is 6.54 Å². The van der Waals surface area contributed by atoms with Gasteiger partial charge in [0.25, 0.3) is 0 Å². The lowest BCUT2D eigenvalue weighted by atomic mass is 10.4. The zero-order valence-electron chi connectivity index (χ0n) is 8.52. The molecule has 0 radical (unpaired) electrons. The van der Waals surface area contributed by atoms with Gasteiger partial charge in [0.2, 0.25) is 5.28 Å². The number of nitrogens with zero attached hydrogens (tertiary/aromatic N) is 3. The van der Waals surface area contributed by atoms with E-state index in [0.29, 0.717) is 0 Å². The molecule has 2 aromatic heterocycles. The van der Waals surface area contributed by atoms with Gasteiger partial charge in [-0.15, -0.1) is 11.3 Å². The summed E-state index contributed by atoms with van der Waals surface area (Å²) in [6.45, 7) is 0.755. The van der Waals surface area contributed by atoms with Crippen molar-refractivity contribution in [3.63, 3.8) is 0 Å². The molecule has 16 heavy (non-hydrogen) atoms. The van der Waals surface area contributed by atoms with Crippen LogP contribution < -0.4 is 4.90 Å². The van der Waals surface area contributed by atoms with Crippen molar-refractivity contribution in [2.24, 2.45) is 0 Å². The molecule has 0 N–H and O–H groups in total. The molecule has 3 nitrogen and oxygen atoms in total. The molecule has 2 heterocycles. The Kier molecular flexibility index (Phi) is 3.63. The Morgan fingerprint density at radius 2 is 2.12 bits per heavy atom. The molecule has 2 rings (SSSR count). The van der Waals surface area contributed by atoms with Crippen molar-refractivity contribution >= 4 is 40.4 Å². The van der Waals surface area contributed by atoms with Gasteiger partial charge in [-0.1, -0.05) is 11.6 Å². The average molecular weight is 274 g/mol. The van der Waals surface area contributed by atoms with E-state index in [1.165, 1.54) is 4.88 Å².